The van der Waals surface area contributed by atoms with E-state index < -0.39 is 35.3 Å². The first-order valence-corrected chi connectivity index (χ1v) is 11.3. The predicted molar refractivity (Wildman–Crippen MR) is 123 cm³/mol. The molecule has 1 heterocycles. The van der Waals surface area contributed by atoms with Gasteiger partial charge in [-0.3, -0.25) is 14.4 Å². The fourth-order valence-electron chi connectivity index (χ4n) is 4.44. The van der Waals surface area contributed by atoms with Crippen LogP contribution in [0.15, 0.2) is 42.5 Å². The molecule has 2 aliphatic rings. The van der Waals surface area contributed by atoms with Gasteiger partial charge in [-0.05, 0) is 56.5 Å². The number of ether oxygens (including phenoxy) is 1. The number of amides is 3. The summed E-state index contributed by atoms with van der Waals surface area (Å²) in [4.78, 5) is 52.3. The molecule has 1 N–H and O–H groups in total. The minimum Gasteiger partial charge on any atom is -0.449 e. The molecule has 34 heavy (non-hydrogen) atoms. The maximum Gasteiger partial charge on any atom is 0.338 e. The van der Waals surface area contributed by atoms with E-state index in [1.807, 2.05) is 6.07 Å². The summed E-state index contributed by atoms with van der Waals surface area (Å²) in [7, 11) is 0. The molecule has 0 saturated heterocycles. The number of rotatable bonds is 5. The lowest BCUT2D eigenvalue weighted by Gasteiger charge is -2.32. The van der Waals surface area contributed by atoms with E-state index in [9.17, 15) is 24.4 Å². The first kappa shape index (κ1) is 23.2. The number of imide groups is 1. The zero-order chi connectivity index (χ0) is 24.5. The Morgan fingerprint density at radius 3 is 2.41 bits per heavy atom. The van der Waals surface area contributed by atoms with Crippen LogP contribution in [0, 0.1) is 18.3 Å². The average Bonchev–Trinajstić information content (AvgIpc) is 3.09. The van der Waals surface area contributed by atoms with Crippen molar-refractivity contribution in [3.63, 3.8) is 0 Å². The van der Waals surface area contributed by atoms with Crippen molar-refractivity contribution in [1.82, 2.24) is 5.32 Å². The summed E-state index contributed by atoms with van der Waals surface area (Å²) in [5.41, 5.74) is 0.671. The predicted octanol–water partition coefficient (Wildman–Crippen LogP) is 3.68. The van der Waals surface area contributed by atoms with E-state index >= 15 is 0 Å². The number of hydrogen-bond acceptors (Lipinski definition) is 6. The number of para-hydroxylation sites is 1. The van der Waals surface area contributed by atoms with Gasteiger partial charge in [-0.15, -0.1) is 0 Å². The fraction of sp³-hybridized carbons (Fsp3) is 0.346. The Morgan fingerprint density at radius 1 is 1.06 bits per heavy atom. The van der Waals surface area contributed by atoms with E-state index in [1.165, 1.54) is 25.1 Å². The van der Waals surface area contributed by atoms with Crippen molar-refractivity contribution >= 4 is 29.4 Å². The molecule has 2 aromatic carbocycles. The number of carbonyl (C=O) groups excluding carboxylic acids is 4. The van der Waals surface area contributed by atoms with Gasteiger partial charge in [-0.2, -0.15) is 5.26 Å². The van der Waals surface area contributed by atoms with Gasteiger partial charge >= 0.3 is 5.97 Å². The van der Waals surface area contributed by atoms with Crippen LogP contribution >= 0.6 is 0 Å². The molecule has 8 nitrogen and oxygen atoms in total. The van der Waals surface area contributed by atoms with Gasteiger partial charge in [-0.25, -0.2) is 9.69 Å². The molecule has 1 atom stereocenters. The monoisotopic (exact) mass is 459 g/mol. The highest BCUT2D eigenvalue weighted by molar-refractivity contribution is 6.34. The topological polar surface area (TPSA) is 117 Å². The second kappa shape index (κ2) is 9.10. The largest absolute Gasteiger partial charge is 0.449 e. The van der Waals surface area contributed by atoms with Crippen LogP contribution in [0.3, 0.4) is 0 Å². The number of nitrogens with one attached hydrogen (secondary N) is 1. The van der Waals surface area contributed by atoms with Crippen molar-refractivity contribution in [3.05, 3.63) is 64.7 Å². The number of nitrogens with zero attached hydrogens (tertiary/aromatic N) is 2. The highest BCUT2D eigenvalue weighted by Gasteiger charge is 2.38. The van der Waals surface area contributed by atoms with Crippen LogP contribution in [0.1, 0.15) is 75.7 Å². The van der Waals surface area contributed by atoms with Crippen LogP contribution in [0.5, 0.6) is 0 Å². The number of esters is 1. The molecule has 0 bridgehead atoms. The van der Waals surface area contributed by atoms with Crippen LogP contribution in [0.4, 0.5) is 5.69 Å². The second-order valence-electron chi connectivity index (χ2n) is 8.78. The quantitative estimate of drug-likeness (QED) is 0.538. The van der Waals surface area contributed by atoms with Crippen molar-refractivity contribution in [2.24, 2.45) is 0 Å². The van der Waals surface area contributed by atoms with Crippen molar-refractivity contribution < 1.29 is 23.9 Å². The third-order valence-corrected chi connectivity index (χ3v) is 6.42. The van der Waals surface area contributed by atoms with E-state index in [0.29, 0.717) is 18.5 Å². The number of carbonyl (C=O) groups is 4. The second-order valence-corrected chi connectivity index (χ2v) is 8.78. The van der Waals surface area contributed by atoms with Crippen molar-refractivity contribution in [2.45, 2.75) is 57.6 Å². The van der Waals surface area contributed by atoms with Gasteiger partial charge in [0.25, 0.3) is 17.7 Å². The van der Waals surface area contributed by atoms with Gasteiger partial charge in [0.1, 0.15) is 5.54 Å². The van der Waals surface area contributed by atoms with E-state index in [1.54, 1.807) is 25.1 Å². The number of benzene rings is 2. The van der Waals surface area contributed by atoms with Crippen molar-refractivity contribution in [1.29, 1.82) is 5.26 Å². The van der Waals surface area contributed by atoms with Crippen LogP contribution in [-0.4, -0.2) is 35.3 Å². The molecule has 174 valence electrons. The minimum absolute atomic E-state index is 0.0545. The Labute approximate surface area is 197 Å². The van der Waals surface area contributed by atoms with Gasteiger partial charge in [0.05, 0.1) is 28.4 Å². The average molecular weight is 460 g/mol. The van der Waals surface area contributed by atoms with Gasteiger partial charge in [0.2, 0.25) is 0 Å². The highest BCUT2D eigenvalue weighted by atomic mass is 16.5. The number of anilines is 1. The SMILES string of the molecule is Cc1ccccc1N1C(=O)c2ccc(C(=O)OC(C)C(=O)NC3(C#N)CCCCC3)cc2C1=O. The maximum atomic E-state index is 13.0. The molecule has 1 aliphatic heterocycles. The molecular formula is C26H25N3O5. The third-order valence-electron chi connectivity index (χ3n) is 6.42. The lowest BCUT2D eigenvalue weighted by molar-refractivity contribution is -0.130. The lowest BCUT2D eigenvalue weighted by Crippen LogP contribution is -2.52. The number of aryl methyl sites for hydroxylation is 1. The molecule has 1 fully saturated rings. The molecule has 0 aromatic heterocycles. The van der Waals surface area contributed by atoms with Gasteiger partial charge in [0, 0.05) is 0 Å². The van der Waals surface area contributed by atoms with Crippen LogP contribution < -0.4 is 10.2 Å². The molecule has 0 spiro atoms. The van der Waals surface area contributed by atoms with Gasteiger partial charge in [-0.1, -0.05) is 37.5 Å². The molecule has 0 radical (unpaired) electrons. The summed E-state index contributed by atoms with van der Waals surface area (Å²) in [6.45, 7) is 3.24. The third kappa shape index (κ3) is 4.17. The molecule has 1 unspecified atom stereocenters. The molecular weight excluding hydrogens is 434 g/mol. The molecule has 2 aromatic rings. The molecule has 1 aliphatic carbocycles. The normalized spacial score (nSPS) is 17.5. The smallest absolute Gasteiger partial charge is 0.338 e. The van der Waals surface area contributed by atoms with E-state index in [-0.39, 0.29) is 16.7 Å². The van der Waals surface area contributed by atoms with Gasteiger partial charge in [0.15, 0.2) is 6.10 Å². The molecule has 8 heteroatoms. The Bertz CT molecular complexity index is 1220. The Kier molecular flexibility index (Phi) is 6.20. The van der Waals surface area contributed by atoms with Crippen LogP contribution in [-0.2, 0) is 9.53 Å². The minimum atomic E-state index is -1.13. The zero-order valence-electron chi connectivity index (χ0n) is 19.1. The number of fused-ring (bicyclic) bond motifs is 1. The zero-order valence-corrected chi connectivity index (χ0v) is 19.1. The van der Waals surface area contributed by atoms with E-state index in [2.05, 4.69) is 11.4 Å². The van der Waals surface area contributed by atoms with Crippen molar-refractivity contribution in [2.75, 3.05) is 4.90 Å². The Morgan fingerprint density at radius 2 is 1.74 bits per heavy atom. The van der Waals surface area contributed by atoms with Gasteiger partial charge < -0.3 is 10.1 Å². The van der Waals surface area contributed by atoms with E-state index in [4.69, 9.17) is 4.74 Å². The van der Waals surface area contributed by atoms with E-state index in [0.717, 1.165) is 29.7 Å². The molecule has 4 rings (SSSR count). The first-order valence-electron chi connectivity index (χ1n) is 11.3. The first-order chi connectivity index (χ1) is 16.3. The van der Waals surface area contributed by atoms with Crippen LogP contribution in [0.2, 0.25) is 0 Å². The lowest BCUT2D eigenvalue weighted by atomic mass is 9.83. The van der Waals surface area contributed by atoms with Crippen molar-refractivity contribution in [3.8, 4) is 6.07 Å². The maximum absolute atomic E-state index is 13.0. The summed E-state index contributed by atoms with van der Waals surface area (Å²) < 4.78 is 5.31. The highest BCUT2D eigenvalue weighted by Crippen LogP contribution is 2.31. The summed E-state index contributed by atoms with van der Waals surface area (Å²) in [6.07, 6.45) is 2.72. The number of nitriles is 1. The summed E-state index contributed by atoms with van der Waals surface area (Å²) in [5.74, 6) is -2.33. The van der Waals surface area contributed by atoms with Crippen LogP contribution in [0.25, 0.3) is 0 Å². The summed E-state index contributed by atoms with van der Waals surface area (Å²) in [6, 6.07) is 13.4. The standard InChI is InChI=1S/C26H25N3O5/c1-16-8-4-5-9-21(16)29-23(31)19-11-10-18(14-20(19)24(29)32)25(33)34-17(2)22(30)28-26(15-27)12-6-3-7-13-26/h4-5,8-11,14,17H,3,6-7,12-13H2,1-2H3,(H,28,30). The molecule has 1 saturated carbocycles. The number of hydrogen-bond donors (Lipinski definition) is 1. The Hall–Kier alpha value is -3.99. The summed E-state index contributed by atoms with van der Waals surface area (Å²) >= 11 is 0. The Balaban J connectivity index is 1.48. The molecule has 3 amide bonds. The fourth-order valence-corrected chi connectivity index (χ4v) is 4.44. The summed E-state index contributed by atoms with van der Waals surface area (Å²) in [5, 5.41) is 12.3.